The van der Waals surface area contributed by atoms with Crippen LogP contribution >= 0.6 is 0 Å². The zero-order valence-corrected chi connectivity index (χ0v) is 30.6. The van der Waals surface area contributed by atoms with Gasteiger partial charge in [0.15, 0.2) is 0 Å². The largest absolute Gasteiger partial charge is 0.360 e. The molecule has 28 heavy (non-hydrogen) atoms. The summed E-state index contributed by atoms with van der Waals surface area (Å²) < 4.78 is 11.2. The molecule has 0 saturated carbocycles. The van der Waals surface area contributed by atoms with Crippen molar-refractivity contribution >= 4 is 49.4 Å². The van der Waals surface area contributed by atoms with Gasteiger partial charge < -0.3 is 13.9 Å². The number of hydrogen-bond donors (Lipinski definition) is 3. The Kier molecular flexibility index (Phi) is 18.7. The zero-order chi connectivity index (χ0) is 23.1. The Hall–Kier alpha value is 2.42. The van der Waals surface area contributed by atoms with E-state index in [0.29, 0.717) is 0 Å². The molecular formula is C18H57N3Si6Tm. The van der Waals surface area contributed by atoms with Crippen molar-refractivity contribution in [3.05, 3.63) is 0 Å². The third kappa shape index (κ3) is 51.2. The summed E-state index contributed by atoms with van der Waals surface area (Å²) in [4.78, 5) is 0. The summed E-state index contributed by atoms with van der Waals surface area (Å²) in [7, 11) is -5.89. The zero-order valence-electron chi connectivity index (χ0n) is 22.8. The average molecular weight is 653 g/mol. The van der Waals surface area contributed by atoms with Crippen molar-refractivity contribution in [3.63, 3.8) is 0 Å². The van der Waals surface area contributed by atoms with E-state index in [1.165, 1.54) is 0 Å². The molecule has 3 N–H and O–H groups in total. The van der Waals surface area contributed by atoms with E-state index in [1.54, 1.807) is 0 Å². The molecule has 0 aromatic heterocycles. The Labute approximate surface area is 216 Å². The molecule has 1 radical (unpaired) electrons. The van der Waals surface area contributed by atoms with Crippen LogP contribution in [-0.2, 0) is 0 Å². The minimum atomic E-state index is -0.981. The van der Waals surface area contributed by atoms with Gasteiger partial charge in [-0.25, -0.2) is 0 Å². The maximum atomic E-state index is 3.74. The summed E-state index contributed by atoms with van der Waals surface area (Å²) in [5, 5.41) is 0. The minimum absolute atomic E-state index is 0. The SMILES string of the molecule is C[Si](C)(C)N[Si](C)(C)C.C[Si](C)(C)N[Si](C)(C)C.C[Si](C)(C)N[Si](C)(C)C.[Tm]. The fraction of sp³-hybridized carbons (Fsp3) is 1.00. The number of nitrogens with one attached hydrogen (secondary N) is 3. The summed E-state index contributed by atoms with van der Waals surface area (Å²) in [6.45, 7) is 42.3. The van der Waals surface area contributed by atoms with Crippen LogP contribution in [0.15, 0.2) is 0 Å². The summed E-state index contributed by atoms with van der Waals surface area (Å²) in [5.41, 5.74) is 0. The Bertz CT molecular complexity index is 297. The van der Waals surface area contributed by atoms with Crippen molar-refractivity contribution < 1.29 is 36.9 Å². The smallest absolute Gasteiger partial charge is 0.109 e. The molecule has 0 atom stereocenters. The van der Waals surface area contributed by atoms with Crippen LogP contribution in [0.25, 0.3) is 0 Å². The Morgan fingerprint density at radius 2 is 0.321 bits per heavy atom. The second kappa shape index (κ2) is 13.8. The van der Waals surface area contributed by atoms with Crippen molar-refractivity contribution in [2.24, 2.45) is 0 Å². The molecule has 0 aliphatic carbocycles. The first-order valence-corrected chi connectivity index (χ1v) is 31.5. The summed E-state index contributed by atoms with van der Waals surface area (Å²) in [6, 6.07) is 0. The molecule has 0 aromatic rings. The van der Waals surface area contributed by atoms with Gasteiger partial charge in [0.2, 0.25) is 0 Å². The van der Waals surface area contributed by atoms with Gasteiger partial charge >= 0.3 is 0 Å². The maximum absolute atomic E-state index is 3.74. The van der Waals surface area contributed by atoms with Gasteiger partial charge in [0.1, 0.15) is 49.4 Å². The van der Waals surface area contributed by atoms with Crippen LogP contribution in [0.2, 0.25) is 118 Å². The van der Waals surface area contributed by atoms with Crippen molar-refractivity contribution in [3.8, 4) is 0 Å². The normalized spacial score (nSPS) is 13.5. The van der Waals surface area contributed by atoms with Gasteiger partial charge in [-0.15, -0.1) is 0 Å². The van der Waals surface area contributed by atoms with Crippen LogP contribution in [0.4, 0.5) is 0 Å². The molecule has 0 aromatic carbocycles. The molecular weight excluding hydrogens is 596 g/mol. The van der Waals surface area contributed by atoms with Crippen LogP contribution in [-0.4, -0.2) is 49.4 Å². The summed E-state index contributed by atoms with van der Waals surface area (Å²) >= 11 is 0. The molecule has 0 rings (SSSR count). The molecule has 10 heteroatoms. The van der Waals surface area contributed by atoms with Gasteiger partial charge in [0.25, 0.3) is 0 Å². The summed E-state index contributed by atoms with van der Waals surface area (Å²) in [5.74, 6) is 0. The van der Waals surface area contributed by atoms with E-state index >= 15 is 0 Å². The van der Waals surface area contributed by atoms with Crippen LogP contribution in [0, 0.1) is 36.9 Å². The Morgan fingerprint density at radius 1 is 0.250 bits per heavy atom. The quantitative estimate of drug-likeness (QED) is 0.279. The fourth-order valence-corrected chi connectivity index (χ4v) is 30.4. The van der Waals surface area contributed by atoms with E-state index in [9.17, 15) is 0 Å². The average Bonchev–Trinajstić information content (AvgIpc) is 1.96. The Balaban J connectivity index is -0.000000152. The van der Waals surface area contributed by atoms with Crippen molar-refractivity contribution in [2.75, 3.05) is 0 Å². The van der Waals surface area contributed by atoms with Crippen LogP contribution in [0.3, 0.4) is 0 Å². The third-order valence-electron chi connectivity index (χ3n) is 2.25. The summed E-state index contributed by atoms with van der Waals surface area (Å²) in [6.07, 6.45) is 0. The first-order chi connectivity index (χ1) is 11.1. The molecule has 0 aliphatic heterocycles. The monoisotopic (exact) mass is 652 g/mol. The molecule has 0 bridgehead atoms. The van der Waals surface area contributed by atoms with E-state index in [0.717, 1.165) is 0 Å². The van der Waals surface area contributed by atoms with Gasteiger partial charge in [-0.3, -0.25) is 0 Å². The topological polar surface area (TPSA) is 36.1 Å². The molecule has 0 amide bonds. The van der Waals surface area contributed by atoms with Crippen molar-refractivity contribution in [1.82, 2.24) is 13.9 Å². The second-order valence-corrected chi connectivity index (χ2v) is 43.9. The van der Waals surface area contributed by atoms with E-state index in [2.05, 4.69) is 132 Å². The van der Waals surface area contributed by atoms with Gasteiger partial charge in [0, 0.05) is 36.9 Å². The number of rotatable bonds is 6. The van der Waals surface area contributed by atoms with Gasteiger partial charge in [0.05, 0.1) is 0 Å². The molecule has 0 saturated heterocycles. The van der Waals surface area contributed by atoms with E-state index in [4.69, 9.17) is 0 Å². The van der Waals surface area contributed by atoms with Crippen molar-refractivity contribution in [1.29, 1.82) is 0 Å². The first kappa shape index (κ1) is 37.7. The van der Waals surface area contributed by atoms with Crippen LogP contribution in [0.1, 0.15) is 0 Å². The van der Waals surface area contributed by atoms with Crippen LogP contribution in [0.5, 0.6) is 0 Å². The number of hydrogen-bond acceptors (Lipinski definition) is 3. The van der Waals surface area contributed by atoms with Gasteiger partial charge in [-0.2, -0.15) is 0 Å². The molecule has 181 valence electrons. The molecule has 0 aliphatic rings. The van der Waals surface area contributed by atoms with E-state index < -0.39 is 49.4 Å². The Morgan fingerprint density at radius 3 is 0.321 bits per heavy atom. The molecule has 0 heterocycles. The molecule has 0 fully saturated rings. The minimum Gasteiger partial charge on any atom is -0.360 e. The fourth-order valence-electron chi connectivity index (χ4n) is 3.38. The predicted molar refractivity (Wildman–Crippen MR) is 149 cm³/mol. The predicted octanol–water partition coefficient (Wildman–Crippen LogP) is 6.74. The van der Waals surface area contributed by atoms with Gasteiger partial charge in [-0.05, 0) is 0 Å². The van der Waals surface area contributed by atoms with E-state index in [1.807, 2.05) is 0 Å². The molecule has 0 spiro atoms. The van der Waals surface area contributed by atoms with E-state index in [-0.39, 0.29) is 36.9 Å². The van der Waals surface area contributed by atoms with Gasteiger partial charge in [-0.1, -0.05) is 118 Å². The standard InChI is InChI=1S/3C6H19NSi2.Tm/c3*1-8(2,3)7-9(4,5)6;/h3*7H,1-6H3;. The van der Waals surface area contributed by atoms with Crippen LogP contribution < -0.4 is 13.9 Å². The first-order valence-electron chi connectivity index (χ1n) is 10.5. The second-order valence-electron chi connectivity index (χ2n) is 13.9. The maximum Gasteiger partial charge on any atom is 0.109 e. The molecule has 0 unspecified atom stereocenters. The third-order valence-corrected chi connectivity index (χ3v) is 20.2. The van der Waals surface area contributed by atoms with Crippen molar-refractivity contribution in [2.45, 2.75) is 118 Å². The molecule has 3 nitrogen and oxygen atoms in total.